The van der Waals surface area contributed by atoms with E-state index >= 15 is 0 Å². The Morgan fingerprint density at radius 2 is 1.83 bits per heavy atom. The van der Waals surface area contributed by atoms with Gasteiger partial charge in [-0.25, -0.2) is 4.79 Å². The molecule has 5 heteroatoms. The van der Waals surface area contributed by atoms with Crippen molar-refractivity contribution < 1.29 is 9.90 Å². The van der Waals surface area contributed by atoms with Crippen molar-refractivity contribution in [3.05, 3.63) is 23.8 Å². The summed E-state index contributed by atoms with van der Waals surface area (Å²) in [4.78, 5) is 10.4. The monoisotopic (exact) mass is 176 g/mol. The molecule has 0 bridgehead atoms. The van der Waals surface area contributed by atoms with Gasteiger partial charge in [0, 0.05) is 0 Å². The molecule has 0 saturated carbocycles. The summed E-state index contributed by atoms with van der Waals surface area (Å²) in [6.07, 6.45) is 0. The van der Waals surface area contributed by atoms with E-state index in [-0.39, 0.29) is 35.1 Å². The molecule has 4 nitrogen and oxygen atoms in total. The van der Waals surface area contributed by atoms with Crippen molar-refractivity contribution in [2.24, 2.45) is 0 Å². The van der Waals surface area contributed by atoms with Crippen molar-refractivity contribution in [2.45, 2.75) is 0 Å². The predicted octanol–water partition coefficient (Wildman–Crippen LogP) is -0.0993. The van der Waals surface area contributed by atoms with Crippen LogP contribution in [0.4, 0.5) is 11.4 Å². The second-order valence-electron chi connectivity index (χ2n) is 2.15. The van der Waals surface area contributed by atoms with E-state index in [1.807, 2.05) is 0 Å². The Morgan fingerprint density at radius 3 is 2.25 bits per heavy atom. The zero-order chi connectivity index (χ0) is 8.43. The Hall–Kier alpha value is -0.710. The summed E-state index contributed by atoms with van der Waals surface area (Å²) >= 11 is 0. The van der Waals surface area contributed by atoms with Gasteiger partial charge in [-0.2, -0.15) is 0 Å². The van der Waals surface area contributed by atoms with Gasteiger partial charge < -0.3 is 16.6 Å². The van der Waals surface area contributed by atoms with Crippen molar-refractivity contribution in [1.82, 2.24) is 0 Å². The Bertz CT molecular complexity index is 301. The van der Waals surface area contributed by atoms with Crippen LogP contribution in [0.2, 0.25) is 0 Å². The van der Waals surface area contributed by atoms with Crippen LogP contribution in [0, 0.1) is 0 Å². The first kappa shape index (κ1) is 11.3. The van der Waals surface area contributed by atoms with Gasteiger partial charge in [-0.05, 0) is 18.2 Å². The molecule has 0 saturated heterocycles. The summed E-state index contributed by atoms with van der Waals surface area (Å²) < 4.78 is 0. The zero-order valence-electron chi connectivity index (χ0n) is 5.74. The van der Waals surface area contributed by atoms with E-state index in [2.05, 4.69) is 0 Å². The Balaban J connectivity index is 0.00000121. The van der Waals surface area contributed by atoms with E-state index in [0.717, 1.165) is 0 Å². The van der Waals surface area contributed by atoms with E-state index < -0.39 is 5.97 Å². The van der Waals surface area contributed by atoms with Gasteiger partial charge in [-0.15, -0.1) is 0 Å². The van der Waals surface area contributed by atoms with Crippen LogP contribution in [0.1, 0.15) is 10.4 Å². The van der Waals surface area contributed by atoms with Gasteiger partial charge >= 0.3 is 35.5 Å². The molecule has 1 aromatic rings. The minimum atomic E-state index is -1.00. The van der Waals surface area contributed by atoms with Crippen LogP contribution in [0.5, 0.6) is 0 Å². The molecule has 5 N–H and O–H groups in total. The maximum absolute atomic E-state index is 10.4. The van der Waals surface area contributed by atoms with Crippen molar-refractivity contribution in [3.8, 4) is 0 Å². The molecule has 0 aromatic heterocycles. The fourth-order valence-corrected chi connectivity index (χ4v) is 0.708. The van der Waals surface area contributed by atoms with Crippen molar-refractivity contribution >= 4 is 46.9 Å². The summed E-state index contributed by atoms with van der Waals surface area (Å²) in [5.41, 5.74) is 11.6. The molecule has 1 aromatic carbocycles. The number of carboxylic acid groups (broad SMARTS) is 1. The fourth-order valence-electron chi connectivity index (χ4n) is 0.708. The second-order valence-corrected chi connectivity index (χ2v) is 2.15. The van der Waals surface area contributed by atoms with Crippen LogP contribution >= 0.6 is 0 Å². The van der Waals surface area contributed by atoms with Crippen LogP contribution in [-0.4, -0.2) is 40.6 Å². The molecule has 12 heavy (non-hydrogen) atoms. The Kier molecular flexibility index (Phi) is 4.09. The molecular weight excluding hydrogens is 167 g/mol. The van der Waals surface area contributed by atoms with Crippen LogP contribution in [0.15, 0.2) is 18.2 Å². The molecule has 0 unspecified atom stereocenters. The van der Waals surface area contributed by atoms with E-state index in [9.17, 15) is 4.79 Å². The van der Waals surface area contributed by atoms with Gasteiger partial charge in [0.25, 0.3) is 0 Å². The number of nitrogens with two attached hydrogens (primary N) is 2. The number of rotatable bonds is 1. The molecule has 0 spiro atoms. The molecule has 0 atom stereocenters. The fraction of sp³-hybridized carbons (Fsp3) is 0. The number of benzene rings is 1. The van der Waals surface area contributed by atoms with Gasteiger partial charge in [0.15, 0.2) is 0 Å². The standard InChI is InChI=1S/C7H8N2O2.Na.H/c8-5-2-1-4(7(10)11)3-6(5)9;;/h1-3H,8-9H2,(H,10,11);;. The third-order valence-corrected chi connectivity index (χ3v) is 1.33. The third-order valence-electron chi connectivity index (χ3n) is 1.33. The topological polar surface area (TPSA) is 89.3 Å². The van der Waals surface area contributed by atoms with E-state index in [1.54, 1.807) is 0 Å². The summed E-state index contributed by atoms with van der Waals surface area (Å²) in [6.45, 7) is 0. The van der Waals surface area contributed by atoms with E-state index in [1.165, 1.54) is 18.2 Å². The number of nitrogen functional groups attached to an aromatic ring is 2. The number of carbonyl (C=O) groups is 1. The SMILES string of the molecule is Nc1ccc(C(=O)O)cc1N.[NaH]. The van der Waals surface area contributed by atoms with Gasteiger partial charge in [0.2, 0.25) is 0 Å². The first-order chi connectivity index (χ1) is 5.11. The third kappa shape index (κ3) is 2.41. The Labute approximate surface area is 91.8 Å². The second kappa shape index (κ2) is 4.35. The van der Waals surface area contributed by atoms with Crippen molar-refractivity contribution in [2.75, 3.05) is 11.5 Å². The van der Waals surface area contributed by atoms with Gasteiger partial charge in [0.1, 0.15) is 0 Å². The molecule has 0 aliphatic rings. The van der Waals surface area contributed by atoms with Crippen molar-refractivity contribution in [1.29, 1.82) is 0 Å². The summed E-state index contributed by atoms with van der Waals surface area (Å²) in [6, 6.07) is 4.21. The van der Waals surface area contributed by atoms with E-state index in [0.29, 0.717) is 11.4 Å². The van der Waals surface area contributed by atoms with Crippen molar-refractivity contribution in [3.63, 3.8) is 0 Å². The molecule has 0 amide bonds. The minimum absolute atomic E-state index is 0. The molecule has 0 heterocycles. The first-order valence-corrected chi connectivity index (χ1v) is 2.99. The molecule has 0 radical (unpaired) electrons. The molecule has 0 aliphatic carbocycles. The molecule has 0 aliphatic heterocycles. The molecule has 0 fully saturated rings. The number of hydrogen-bond donors (Lipinski definition) is 3. The maximum atomic E-state index is 10.4. The quantitative estimate of drug-likeness (QED) is 0.411. The average molecular weight is 176 g/mol. The Morgan fingerprint density at radius 1 is 1.25 bits per heavy atom. The zero-order valence-corrected chi connectivity index (χ0v) is 5.74. The molecule has 1 rings (SSSR count). The predicted molar refractivity (Wildman–Crippen MR) is 49.4 cm³/mol. The van der Waals surface area contributed by atoms with E-state index in [4.69, 9.17) is 16.6 Å². The van der Waals surface area contributed by atoms with Gasteiger partial charge in [-0.3, -0.25) is 0 Å². The average Bonchev–Trinajstić information content (AvgIpc) is 1.94. The summed E-state index contributed by atoms with van der Waals surface area (Å²) in [5, 5.41) is 8.50. The van der Waals surface area contributed by atoms with Gasteiger partial charge in [0.05, 0.1) is 16.9 Å². The van der Waals surface area contributed by atoms with Crippen LogP contribution in [-0.2, 0) is 0 Å². The first-order valence-electron chi connectivity index (χ1n) is 2.99. The number of anilines is 2. The number of carboxylic acids is 1. The summed E-state index contributed by atoms with van der Waals surface area (Å²) in [7, 11) is 0. The van der Waals surface area contributed by atoms with Crippen LogP contribution in [0.3, 0.4) is 0 Å². The molecular formula is C7H9N2NaO2. The summed E-state index contributed by atoms with van der Waals surface area (Å²) in [5.74, 6) is -1.00. The van der Waals surface area contributed by atoms with Crippen LogP contribution in [0.25, 0.3) is 0 Å². The van der Waals surface area contributed by atoms with Crippen LogP contribution < -0.4 is 11.5 Å². The van der Waals surface area contributed by atoms with Gasteiger partial charge in [-0.1, -0.05) is 0 Å². The number of aromatic carboxylic acids is 1. The number of hydrogen-bond acceptors (Lipinski definition) is 3. The normalized spacial score (nSPS) is 8.67. The molecule has 60 valence electrons.